The number of halogens is 2. The standard InChI is InChI=1S/C22H16F2N2/c23-19-9-17(10-20(24)12-19)8-16-3-5-18-14-26-22(21(18)11-16)6-4-15-2-1-7-25-13-15/h1-7,9-13H,8,14H2/b6-4+. The Kier molecular flexibility index (Phi) is 4.40. The molecule has 1 aliphatic heterocycles. The molecule has 3 aromatic rings. The van der Waals surface area contributed by atoms with Crippen molar-refractivity contribution in [3.05, 3.63) is 106 Å². The van der Waals surface area contributed by atoms with E-state index in [0.717, 1.165) is 34.0 Å². The maximum absolute atomic E-state index is 13.4. The topological polar surface area (TPSA) is 25.2 Å². The zero-order chi connectivity index (χ0) is 17.9. The van der Waals surface area contributed by atoms with Crippen molar-refractivity contribution in [2.24, 2.45) is 4.99 Å². The summed E-state index contributed by atoms with van der Waals surface area (Å²) in [6.45, 7) is 0.650. The number of aromatic nitrogens is 1. The molecular weight excluding hydrogens is 330 g/mol. The van der Waals surface area contributed by atoms with Crippen LogP contribution in [0.3, 0.4) is 0 Å². The van der Waals surface area contributed by atoms with E-state index in [4.69, 9.17) is 0 Å². The molecule has 0 aliphatic carbocycles. The molecule has 0 saturated carbocycles. The molecule has 0 saturated heterocycles. The zero-order valence-electron chi connectivity index (χ0n) is 14.0. The van der Waals surface area contributed by atoms with Gasteiger partial charge in [-0.25, -0.2) is 8.78 Å². The quantitative estimate of drug-likeness (QED) is 0.655. The first kappa shape index (κ1) is 16.3. The summed E-state index contributed by atoms with van der Waals surface area (Å²) in [5.41, 5.74) is 5.76. The Morgan fingerprint density at radius 3 is 2.54 bits per heavy atom. The first-order valence-electron chi connectivity index (χ1n) is 8.37. The van der Waals surface area contributed by atoms with Gasteiger partial charge in [-0.1, -0.05) is 24.3 Å². The van der Waals surface area contributed by atoms with Gasteiger partial charge in [-0.2, -0.15) is 0 Å². The summed E-state index contributed by atoms with van der Waals surface area (Å²) in [4.78, 5) is 8.68. The molecule has 0 fully saturated rings. The molecule has 26 heavy (non-hydrogen) atoms. The van der Waals surface area contributed by atoms with Crippen LogP contribution in [-0.4, -0.2) is 10.7 Å². The third kappa shape index (κ3) is 3.59. The summed E-state index contributed by atoms with van der Waals surface area (Å²) in [5, 5.41) is 0. The van der Waals surface area contributed by atoms with Gasteiger partial charge < -0.3 is 0 Å². The molecule has 4 heteroatoms. The minimum atomic E-state index is -0.553. The van der Waals surface area contributed by atoms with Crippen molar-refractivity contribution >= 4 is 11.8 Å². The van der Waals surface area contributed by atoms with Crippen molar-refractivity contribution < 1.29 is 8.78 Å². The monoisotopic (exact) mass is 346 g/mol. The van der Waals surface area contributed by atoms with Crippen molar-refractivity contribution in [3.8, 4) is 0 Å². The minimum absolute atomic E-state index is 0.474. The summed E-state index contributed by atoms with van der Waals surface area (Å²) in [5.74, 6) is -1.11. The van der Waals surface area contributed by atoms with Crippen LogP contribution in [0.15, 0.2) is 72.0 Å². The van der Waals surface area contributed by atoms with Gasteiger partial charge in [0.25, 0.3) is 0 Å². The first-order valence-corrected chi connectivity index (χ1v) is 8.37. The Labute approximate surface area is 150 Å². The summed E-state index contributed by atoms with van der Waals surface area (Å²) < 4.78 is 26.8. The van der Waals surface area contributed by atoms with Gasteiger partial charge in [0.1, 0.15) is 11.6 Å². The molecule has 0 radical (unpaired) electrons. The lowest BCUT2D eigenvalue weighted by Gasteiger charge is -2.06. The predicted molar refractivity (Wildman–Crippen MR) is 99.1 cm³/mol. The highest BCUT2D eigenvalue weighted by Gasteiger charge is 2.14. The van der Waals surface area contributed by atoms with E-state index in [-0.39, 0.29) is 0 Å². The average Bonchev–Trinajstić information content (AvgIpc) is 3.02. The molecule has 1 aliphatic rings. The van der Waals surface area contributed by atoms with E-state index in [0.29, 0.717) is 18.5 Å². The van der Waals surface area contributed by atoms with E-state index in [1.165, 1.54) is 12.1 Å². The Morgan fingerprint density at radius 2 is 1.77 bits per heavy atom. The molecule has 2 aromatic carbocycles. The van der Waals surface area contributed by atoms with E-state index in [9.17, 15) is 8.78 Å². The smallest absolute Gasteiger partial charge is 0.126 e. The van der Waals surface area contributed by atoms with Crippen molar-refractivity contribution in [3.63, 3.8) is 0 Å². The number of pyridine rings is 1. The maximum atomic E-state index is 13.4. The maximum Gasteiger partial charge on any atom is 0.126 e. The Hall–Kier alpha value is -3.14. The number of allylic oxidation sites excluding steroid dienone is 1. The fourth-order valence-corrected chi connectivity index (χ4v) is 3.11. The average molecular weight is 346 g/mol. The van der Waals surface area contributed by atoms with Crippen LogP contribution < -0.4 is 0 Å². The third-order valence-corrected chi connectivity index (χ3v) is 4.32. The second kappa shape index (κ2) is 7.00. The lowest BCUT2D eigenvalue weighted by atomic mass is 9.98. The van der Waals surface area contributed by atoms with Crippen LogP contribution in [0.1, 0.15) is 27.8 Å². The highest BCUT2D eigenvalue weighted by molar-refractivity contribution is 6.13. The molecule has 0 unspecified atom stereocenters. The molecule has 0 bridgehead atoms. The van der Waals surface area contributed by atoms with E-state index in [2.05, 4.69) is 16.0 Å². The van der Waals surface area contributed by atoms with Crippen LogP contribution in [0.25, 0.3) is 6.08 Å². The second-order valence-electron chi connectivity index (χ2n) is 6.27. The van der Waals surface area contributed by atoms with Gasteiger partial charge in [0.2, 0.25) is 0 Å². The molecule has 1 aromatic heterocycles. The third-order valence-electron chi connectivity index (χ3n) is 4.32. The number of nitrogens with zero attached hydrogens (tertiary/aromatic N) is 2. The van der Waals surface area contributed by atoms with Gasteiger partial charge in [0.05, 0.1) is 12.3 Å². The van der Waals surface area contributed by atoms with Gasteiger partial charge in [0, 0.05) is 24.0 Å². The number of hydrogen-bond donors (Lipinski definition) is 0. The Bertz CT molecular complexity index is 988. The van der Waals surface area contributed by atoms with Gasteiger partial charge in [-0.15, -0.1) is 0 Å². The summed E-state index contributed by atoms with van der Waals surface area (Å²) in [6, 6.07) is 13.6. The second-order valence-corrected chi connectivity index (χ2v) is 6.27. The summed E-state index contributed by atoms with van der Waals surface area (Å²) in [6.07, 6.45) is 7.97. The number of hydrogen-bond acceptors (Lipinski definition) is 2. The van der Waals surface area contributed by atoms with Crippen molar-refractivity contribution in [1.29, 1.82) is 0 Å². The van der Waals surface area contributed by atoms with Gasteiger partial charge in [0.15, 0.2) is 0 Å². The number of aliphatic imine (C=N–C) groups is 1. The van der Waals surface area contributed by atoms with Gasteiger partial charge in [-0.3, -0.25) is 9.98 Å². The minimum Gasteiger partial charge on any atom is -0.280 e. The molecule has 2 nitrogen and oxygen atoms in total. The predicted octanol–water partition coefficient (Wildman–Crippen LogP) is 4.97. The highest BCUT2D eigenvalue weighted by atomic mass is 19.1. The molecule has 128 valence electrons. The highest BCUT2D eigenvalue weighted by Crippen LogP contribution is 2.23. The fourth-order valence-electron chi connectivity index (χ4n) is 3.11. The Morgan fingerprint density at radius 1 is 0.923 bits per heavy atom. The van der Waals surface area contributed by atoms with Crippen LogP contribution in [0.2, 0.25) is 0 Å². The van der Waals surface area contributed by atoms with Crippen LogP contribution in [-0.2, 0) is 13.0 Å². The van der Waals surface area contributed by atoms with Crippen LogP contribution in [0.5, 0.6) is 0 Å². The molecule has 0 atom stereocenters. The SMILES string of the molecule is Fc1cc(F)cc(Cc2ccc3c(c2)C(/C=C/c2cccnc2)=NC3)c1. The lowest BCUT2D eigenvalue weighted by molar-refractivity contribution is 0.580. The van der Waals surface area contributed by atoms with Gasteiger partial charge in [-0.05, 0) is 59.0 Å². The fraction of sp³-hybridized carbons (Fsp3) is 0.0909. The molecule has 2 heterocycles. The Balaban J connectivity index is 1.58. The van der Waals surface area contributed by atoms with E-state index in [1.807, 2.05) is 36.4 Å². The number of benzene rings is 2. The van der Waals surface area contributed by atoms with E-state index in [1.54, 1.807) is 12.4 Å². The normalized spacial score (nSPS) is 13.1. The van der Waals surface area contributed by atoms with Crippen LogP contribution in [0.4, 0.5) is 8.78 Å². The van der Waals surface area contributed by atoms with Crippen molar-refractivity contribution in [1.82, 2.24) is 4.98 Å². The molecule has 0 amide bonds. The molecule has 0 spiro atoms. The summed E-state index contributed by atoms with van der Waals surface area (Å²) in [7, 11) is 0. The first-order chi connectivity index (χ1) is 12.7. The van der Waals surface area contributed by atoms with Crippen LogP contribution >= 0.6 is 0 Å². The molecule has 4 rings (SSSR count). The van der Waals surface area contributed by atoms with E-state index < -0.39 is 11.6 Å². The van der Waals surface area contributed by atoms with E-state index >= 15 is 0 Å². The molecular formula is C22H16F2N2. The molecule has 0 N–H and O–H groups in total. The summed E-state index contributed by atoms with van der Waals surface area (Å²) >= 11 is 0. The van der Waals surface area contributed by atoms with Crippen molar-refractivity contribution in [2.75, 3.05) is 0 Å². The van der Waals surface area contributed by atoms with Crippen LogP contribution in [0, 0.1) is 11.6 Å². The lowest BCUT2D eigenvalue weighted by Crippen LogP contribution is -1.98. The largest absolute Gasteiger partial charge is 0.280 e. The zero-order valence-corrected chi connectivity index (χ0v) is 14.0. The van der Waals surface area contributed by atoms with Crippen molar-refractivity contribution in [2.45, 2.75) is 13.0 Å². The van der Waals surface area contributed by atoms with Gasteiger partial charge >= 0.3 is 0 Å². The number of rotatable bonds is 4. The number of fused-ring (bicyclic) bond motifs is 1.